The van der Waals surface area contributed by atoms with Crippen molar-refractivity contribution in [3.63, 3.8) is 0 Å². The highest BCUT2D eigenvalue weighted by Crippen LogP contribution is 2.15. The molecular formula is C17H25N3O4S2. The van der Waals surface area contributed by atoms with Crippen LogP contribution < -0.4 is 5.32 Å². The lowest BCUT2D eigenvalue weighted by Gasteiger charge is -2.30. The third kappa shape index (κ3) is 5.65. The summed E-state index contributed by atoms with van der Waals surface area (Å²) < 4.78 is 28.0. The second kappa shape index (κ2) is 9.29. The van der Waals surface area contributed by atoms with E-state index in [1.54, 1.807) is 29.3 Å². The van der Waals surface area contributed by atoms with E-state index in [0.717, 1.165) is 24.7 Å². The number of carbonyl (C=O) groups excluding carboxylic acids is 1. The van der Waals surface area contributed by atoms with E-state index in [1.165, 1.54) is 12.1 Å². The Kier molecular flexibility index (Phi) is 7.36. The number of methoxy groups -OCH3 is 1. The maximum atomic E-state index is 12.6. The molecule has 0 saturated carbocycles. The molecule has 0 unspecified atom stereocenters. The van der Waals surface area contributed by atoms with Gasteiger partial charge in [-0.2, -0.15) is 0 Å². The highest BCUT2D eigenvalue weighted by atomic mass is 32.2. The maximum Gasteiger partial charge on any atom is 0.245 e. The second-order valence-electron chi connectivity index (χ2n) is 6.16. The first-order valence-corrected chi connectivity index (χ1v) is 10.8. The minimum atomic E-state index is -3.23. The predicted octanol–water partition coefficient (Wildman–Crippen LogP) is 0.993. The standard InChI is InChI=1S/C17H25N3O4S2/c1-24-12-3-9-18-17(25)20-11-4-10-19(20)16(21)13-14-5-7-15(8-6-14)26(2,22)23/h5-8H,3-4,9-13H2,1-2H3,(H,18,25). The Hall–Kier alpha value is -1.71. The molecule has 1 fully saturated rings. The van der Waals surface area contributed by atoms with E-state index < -0.39 is 9.84 Å². The number of benzene rings is 1. The van der Waals surface area contributed by atoms with Crippen molar-refractivity contribution >= 4 is 33.1 Å². The molecule has 1 aliphatic heterocycles. The number of nitrogens with zero attached hydrogens (tertiary/aromatic N) is 2. The Morgan fingerprint density at radius 3 is 2.50 bits per heavy atom. The van der Waals surface area contributed by atoms with Crippen LogP contribution in [0.1, 0.15) is 18.4 Å². The number of rotatable bonds is 7. The fraction of sp³-hybridized carbons (Fsp3) is 0.529. The molecule has 1 aliphatic rings. The molecule has 1 aromatic rings. The Morgan fingerprint density at radius 1 is 1.23 bits per heavy atom. The minimum absolute atomic E-state index is 0.0596. The Bertz CT molecular complexity index is 735. The predicted molar refractivity (Wildman–Crippen MR) is 103 cm³/mol. The van der Waals surface area contributed by atoms with Gasteiger partial charge in [0.2, 0.25) is 5.91 Å². The monoisotopic (exact) mass is 399 g/mol. The number of thiocarbonyl (C=S) groups is 1. The topological polar surface area (TPSA) is 79.0 Å². The van der Waals surface area contributed by atoms with Crippen LogP contribution in [0.4, 0.5) is 0 Å². The van der Waals surface area contributed by atoms with Gasteiger partial charge >= 0.3 is 0 Å². The quantitative estimate of drug-likeness (QED) is 0.541. The van der Waals surface area contributed by atoms with E-state index in [4.69, 9.17) is 17.0 Å². The molecule has 1 aromatic carbocycles. The maximum absolute atomic E-state index is 12.6. The molecule has 0 radical (unpaired) electrons. The number of nitrogens with one attached hydrogen (secondary N) is 1. The minimum Gasteiger partial charge on any atom is -0.385 e. The first kappa shape index (κ1) is 20.6. The molecule has 1 N–H and O–H groups in total. The molecule has 0 aliphatic carbocycles. The summed E-state index contributed by atoms with van der Waals surface area (Å²) >= 11 is 5.40. The van der Waals surface area contributed by atoms with E-state index in [1.807, 2.05) is 0 Å². The summed E-state index contributed by atoms with van der Waals surface area (Å²) in [6, 6.07) is 6.41. The smallest absolute Gasteiger partial charge is 0.245 e. The average Bonchev–Trinajstić information content (AvgIpc) is 3.08. The fourth-order valence-corrected chi connectivity index (χ4v) is 3.63. The third-order valence-electron chi connectivity index (χ3n) is 4.06. The summed E-state index contributed by atoms with van der Waals surface area (Å²) in [5.74, 6) is -0.0596. The van der Waals surface area contributed by atoms with Crippen molar-refractivity contribution in [2.45, 2.75) is 24.2 Å². The summed E-state index contributed by atoms with van der Waals surface area (Å²) in [6.07, 6.45) is 3.06. The van der Waals surface area contributed by atoms with Crippen LogP contribution in [-0.4, -0.2) is 69.1 Å². The first-order valence-electron chi connectivity index (χ1n) is 8.46. The zero-order valence-corrected chi connectivity index (χ0v) is 16.7. The number of carbonyl (C=O) groups is 1. The highest BCUT2D eigenvalue weighted by Gasteiger charge is 2.28. The molecule has 0 aromatic heterocycles. The fourth-order valence-electron chi connectivity index (χ4n) is 2.71. The largest absolute Gasteiger partial charge is 0.385 e. The zero-order chi connectivity index (χ0) is 19.2. The lowest BCUT2D eigenvalue weighted by Crippen LogP contribution is -2.49. The van der Waals surface area contributed by atoms with Crippen molar-refractivity contribution in [2.24, 2.45) is 0 Å². The summed E-state index contributed by atoms with van der Waals surface area (Å²) in [6.45, 7) is 2.68. The van der Waals surface area contributed by atoms with Crippen molar-refractivity contribution in [1.29, 1.82) is 0 Å². The van der Waals surface area contributed by atoms with E-state index in [9.17, 15) is 13.2 Å². The van der Waals surface area contributed by atoms with E-state index in [-0.39, 0.29) is 17.2 Å². The Balaban J connectivity index is 1.94. The van der Waals surface area contributed by atoms with Crippen LogP contribution in [0, 0.1) is 0 Å². The van der Waals surface area contributed by atoms with E-state index in [2.05, 4.69) is 5.32 Å². The number of hydrogen-bond acceptors (Lipinski definition) is 5. The number of sulfone groups is 1. The molecule has 2 rings (SSSR count). The molecular weight excluding hydrogens is 374 g/mol. The molecule has 0 spiro atoms. The molecule has 1 amide bonds. The van der Waals surface area contributed by atoms with Gasteiger partial charge in [-0.1, -0.05) is 12.1 Å². The molecule has 0 bridgehead atoms. The Morgan fingerprint density at radius 2 is 1.88 bits per heavy atom. The number of hydrazine groups is 1. The number of hydrogen-bond donors (Lipinski definition) is 1. The van der Waals surface area contributed by atoms with Gasteiger partial charge in [0.05, 0.1) is 11.3 Å². The van der Waals surface area contributed by atoms with Gasteiger partial charge in [0.25, 0.3) is 0 Å². The molecule has 26 heavy (non-hydrogen) atoms. The van der Waals surface area contributed by atoms with Crippen molar-refractivity contribution in [3.05, 3.63) is 29.8 Å². The van der Waals surface area contributed by atoms with Crippen molar-refractivity contribution < 1.29 is 17.9 Å². The summed E-state index contributed by atoms with van der Waals surface area (Å²) in [4.78, 5) is 12.9. The van der Waals surface area contributed by atoms with Gasteiger partial charge in [-0.05, 0) is 42.8 Å². The SMILES string of the molecule is COCCCNC(=S)N1CCCN1C(=O)Cc1ccc(S(C)(=O)=O)cc1. The van der Waals surface area contributed by atoms with Crippen LogP contribution in [-0.2, 0) is 25.8 Å². The normalized spacial score (nSPS) is 14.5. The summed E-state index contributed by atoms with van der Waals surface area (Å²) in [5, 5.41) is 7.15. The third-order valence-corrected chi connectivity index (χ3v) is 5.55. The first-order chi connectivity index (χ1) is 12.3. The van der Waals surface area contributed by atoms with Gasteiger partial charge in [-0.3, -0.25) is 14.8 Å². The van der Waals surface area contributed by atoms with E-state index >= 15 is 0 Å². The van der Waals surface area contributed by atoms with Crippen LogP contribution in [0.25, 0.3) is 0 Å². The van der Waals surface area contributed by atoms with Gasteiger partial charge in [-0.25, -0.2) is 8.42 Å². The molecule has 1 heterocycles. The van der Waals surface area contributed by atoms with Crippen LogP contribution in [0.5, 0.6) is 0 Å². The van der Waals surface area contributed by atoms with Gasteiger partial charge < -0.3 is 10.1 Å². The van der Waals surface area contributed by atoms with Crippen LogP contribution in [0.15, 0.2) is 29.2 Å². The Labute approximate surface area is 160 Å². The van der Waals surface area contributed by atoms with Gasteiger partial charge in [0.15, 0.2) is 14.9 Å². The zero-order valence-electron chi connectivity index (χ0n) is 15.1. The lowest BCUT2D eigenvalue weighted by molar-refractivity contribution is -0.138. The highest BCUT2D eigenvalue weighted by molar-refractivity contribution is 7.90. The van der Waals surface area contributed by atoms with Crippen molar-refractivity contribution in [2.75, 3.05) is 39.6 Å². The van der Waals surface area contributed by atoms with Gasteiger partial charge in [-0.15, -0.1) is 0 Å². The van der Waals surface area contributed by atoms with Crippen LogP contribution >= 0.6 is 12.2 Å². The second-order valence-corrected chi connectivity index (χ2v) is 8.57. The van der Waals surface area contributed by atoms with Crippen LogP contribution in [0.3, 0.4) is 0 Å². The van der Waals surface area contributed by atoms with Crippen molar-refractivity contribution in [3.8, 4) is 0 Å². The van der Waals surface area contributed by atoms with Gasteiger partial charge in [0, 0.05) is 39.6 Å². The van der Waals surface area contributed by atoms with E-state index in [0.29, 0.717) is 31.4 Å². The average molecular weight is 400 g/mol. The lowest BCUT2D eigenvalue weighted by atomic mass is 10.1. The summed E-state index contributed by atoms with van der Waals surface area (Å²) in [7, 11) is -1.58. The van der Waals surface area contributed by atoms with Crippen molar-refractivity contribution in [1.82, 2.24) is 15.3 Å². The molecule has 9 heteroatoms. The molecule has 0 atom stereocenters. The summed E-state index contributed by atoms with van der Waals surface area (Å²) in [5.41, 5.74) is 0.772. The molecule has 144 valence electrons. The van der Waals surface area contributed by atoms with Gasteiger partial charge in [0.1, 0.15) is 0 Å². The number of amides is 1. The van der Waals surface area contributed by atoms with Crippen LogP contribution in [0.2, 0.25) is 0 Å². The number of ether oxygens (including phenoxy) is 1. The molecule has 7 nitrogen and oxygen atoms in total. The molecule has 1 saturated heterocycles.